The summed E-state index contributed by atoms with van der Waals surface area (Å²) < 4.78 is 0. The Bertz CT molecular complexity index is 248. The van der Waals surface area contributed by atoms with Crippen molar-refractivity contribution in [1.82, 2.24) is 0 Å². The van der Waals surface area contributed by atoms with Crippen LogP contribution in [0.25, 0.3) is 0 Å². The maximum absolute atomic E-state index is 10.5. The van der Waals surface area contributed by atoms with Crippen molar-refractivity contribution in [3.05, 3.63) is 17.1 Å². The van der Waals surface area contributed by atoms with E-state index in [0.717, 1.165) is 18.3 Å². The first-order valence-corrected chi connectivity index (χ1v) is 4.89. The third-order valence-electron chi connectivity index (χ3n) is 4.11. The van der Waals surface area contributed by atoms with Crippen LogP contribution in [0, 0.1) is 28.6 Å². The molecule has 2 saturated carbocycles. The number of allylic oxidation sites excluding steroid dienone is 2. The van der Waals surface area contributed by atoms with Gasteiger partial charge < -0.3 is 0 Å². The van der Waals surface area contributed by atoms with E-state index in [0.29, 0.717) is 11.8 Å². The van der Waals surface area contributed by atoms with Crippen LogP contribution in [0.5, 0.6) is 0 Å². The predicted molar refractivity (Wildman–Crippen MR) is 46.5 cm³/mol. The summed E-state index contributed by atoms with van der Waals surface area (Å²) >= 11 is 0. The van der Waals surface area contributed by atoms with Crippen LogP contribution in [0.15, 0.2) is 17.3 Å². The Labute approximate surface area is 72.0 Å². The van der Waals surface area contributed by atoms with Gasteiger partial charge in [-0.05, 0) is 42.9 Å². The molecule has 0 heterocycles. The van der Waals surface area contributed by atoms with Gasteiger partial charge in [-0.2, -0.15) is 4.91 Å². The Morgan fingerprint density at radius 1 is 1.25 bits per heavy atom. The van der Waals surface area contributed by atoms with Gasteiger partial charge in [0.1, 0.15) is 0 Å². The molecule has 12 heavy (non-hydrogen) atoms. The van der Waals surface area contributed by atoms with Crippen LogP contribution in [0.1, 0.15) is 19.3 Å². The Balaban J connectivity index is 1.91. The zero-order chi connectivity index (χ0) is 8.13. The van der Waals surface area contributed by atoms with Crippen molar-refractivity contribution in [2.24, 2.45) is 28.8 Å². The molecule has 2 heteroatoms. The largest absolute Gasteiger partial charge is 0.151 e. The average molecular weight is 163 g/mol. The number of nitrogens with zero attached hydrogens (tertiary/aromatic N) is 1. The fourth-order valence-corrected chi connectivity index (χ4v) is 3.63. The lowest BCUT2D eigenvalue weighted by Crippen LogP contribution is -2.26. The summed E-state index contributed by atoms with van der Waals surface area (Å²) in [5.41, 5.74) is 0. The first kappa shape index (κ1) is 6.81. The van der Waals surface area contributed by atoms with Crippen molar-refractivity contribution in [3.63, 3.8) is 0 Å². The molecule has 64 valence electrons. The molecule has 0 amide bonds. The molecule has 0 spiro atoms. The highest BCUT2D eigenvalue weighted by Gasteiger charge is 2.53. The van der Waals surface area contributed by atoms with E-state index in [4.69, 9.17) is 0 Å². The van der Waals surface area contributed by atoms with Crippen LogP contribution >= 0.6 is 0 Å². The van der Waals surface area contributed by atoms with Crippen molar-refractivity contribution in [1.29, 1.82) is 0 Å². The highest BCUT2D eigenvalue weighted by atomic mass is 16.3. The van der Waals surface area contributed by atoms with E-state index in [-0.39, 0.29) is 6.04 Å². The second-order valence-corrected chi connectivity index (χ2v) is 4.47. The van der Waals surface area contributed by atoms with Crippen LogP contribution in [-0.4, -0.2) is 6.04 Å². The highest BCUT2D eigenvalue weighted by Crippen LogP contribution is 2.57. The Hall–Kier alpha value is -0.660. The van der Waals surface area contributed by atoms with Gasteiger partial charge in [-0.1, -0.05) is 17.3 Å². The second kappa shape index (κ2) is 2.18. The maximum atomic E-state index is 10.5. The van der Waals surface area contributed by atoms with E-state index in [2.05, 4.69) is 17.3 Å². The summed E-state index contributed by atoms with van der Waals surface area (Å²) in [6.07, 6.45) is 8.23. The van der Waals surface area contributed by atoms with E-state index in [9.17, 15) is 4.91 Å². The van der Waals surface area contributed by atoms with E-state index >= 15 is 0 Å². The van der Waals surface area contributed by atoms with Crippen LogP contribution < -0.4 is 0 Å². The quantitative estimate of drug-likeness (QED) is 0.431. The summed E-state index contributed by atoms with van der Waals surface area (Å²) in [7, 11) is 0. The molecule has 2 bridgehead atoms. The molecule has 3 aliphatic carbocycles. The van der Waals surface area contributed by atoms with Gasteiger partial charge in [0.2, 0.25) is 0 Å². The van der Waals surface area contributed by atoms with Gasteiger partial charge in [-0.3, -0.25) is 0 Å². The maximum Gasteiger partial charge on any atom is 0.0956 e. The minimum absolute atomic E-state index is 0.152. The van der Waals surface area contributed by atoms with E-state index < -0.39 is 0 Å². The molecule has 0 aromatic rings. The molecule has 2 nitrogen and oxygen atoms in total. The number of nitroso groups, excluding NO2 is 1. The highest BCUT2D eigenvalue weighted by molar-refractivity contribution is 5.15. The molecule has 5 unspecified atom stereocenters. The van der Waals surface area contributed by atoms with Gasteiger partial charge in [-0.25, -0.2) is 0 Å². The molecular formula is C10H13NO. The Morgan fingerprint density at radius 2 is 2.17 bits per heavy atom. The predicted octanol–water partition coefficient (Wildman–Crippen LogP) is 2.35. The fourth-order valence-electron chi connectivity index (χ4n) is 3.63. The third kappa shape index (κ3) is 0.661. The molecule has 0 aromatic carbocycles. The number of rotatable bonds is 1. The lowest BCUT2D eigenvalue weighted by molar-refractivity contribution is 0.258. The SMILES string of the molecule is O=NC1CC2CC1C1C=CCC21. The minimum Gasteiger partial charge on any atom is -0.151 e. The molecule has 3 rings (SSSR count). The van der Waals surface area contributed by atoms with Gasteiger partial charge >= 0.3 is 0 Å². The Kier molecular flexibility index (Phi) is 1.24. The van der Waals surface area contributed by atoms with Gasteiger partial charge in [0.15, 0.2) is 0 Å². The summed E-state index contributed by atoms with van der Waals surface area (Å²) in [5.74, 6) is 3.02. The number of fused-ring (bicyclic) bond motifs is 5. The van der Waals surface area contributed by atoms with Crippen molar-refractivity contribution < 1.29 is 0 Å². The van der Waals surface area contributed by atoms with E-state index in [1.165, 1.54) is 12.8 Å². The summed E-state index contributed by atoms with van der Waals surface area (Å²) in [6.45, 7) is 0. The van der Waals surface area contributed by atoms with Crippen LogP contribution in [0.3, 0.4) is 0 Å². The molecule has 0 N–H and O–H groups in total. The second-order valence-electron chi connectivity index (χ2n) is 4.47. The minimum atomic E-state index is 0.152. The van der Waals surface area contributed by atoms with Crippen LogP contribution in [0.4, 0.5) is 0 Å². The summed E-state index contributed by atoms with van der Waals surface area (Å²) in [6, 6.07) is 0.152. The lowest BCUT2D eigenvalue weighted by atomic mass is 9.79. The molecule has 3 aliphatic rings. The Morgan fingerprint density at radius 3 is 3.00 bits per heavy atom. The normalized spacial score (nSPS) is 54.5. The van der Waals surface area contributed by atoms with Gasteiger partial charge in [0.05, 0.1) is 6.04 Å². The zero-order valence-electron chi connectivity index (χ0n) is 7.02. The zero-order valence-corrected chi connectivity index (χ0v) is 7.02. The van der Waals surface area contributed by atoms with Crippen molar-refractivity contribution >= 4 is 0 Å². The lowest BCUT2D eigenvalue weighted by Gasteiger charge is -2.26. The van der Waals surface area contributed by atoms with Crippen molar-refractivity contribution in [2.45, 2.75) is 25.3 Å². The monoisotopic (exact) mass is 163 g/mol. The van der Waals surface area contributed by atoms with Gasteiger partial charge in [-0.15, -0.1) is 0 Å². The summed E-state index contributed by atoms with van der Waals surface area (Å²) in [4.78, 5) is 10.5. The molecule has 0 saturated heterocycles. The molecular weight excluding hydrogens is 150 g/mol. The smallest absolute Gasteiger partial charge is 0.0956 e. The van der Waals surface area contributed by atoms with Crippen molar-refractivity contribution in [3.8, 4) is 0 Å². The fraction of sp³-hybridized carbons (Fsp3) is 0.800. The van der Waals surface area contributed by atoms with E-state index in [1.54, 1.807) is 0 Å². The van der Waals surface area contributed by atoms with Crippen LogP contribution in [0.2, 0.25) is 0 Å². The topological polar surface area (TPSA) is 29.4 Å². The standard InChI is InChI=1S/C10H13NO/c12-11-10-5-6-4-9(10)8-3-1-2-7(6)8/h1,3,6-10H,2,4-5H2. The van der Waals surface area contributed by atoms with Crippen LogP contribution in [-0.2, 0) is 0 Å². The van der Waals surface area contributed by atoms with Gasteiger partial charge in [0, 0.05) is 0 Å². The number of hydrogen-bond acceptors (Lipinski definition) is 2. The first-order valence-electron chi connectivity index (χ1n) is 4.89. The average Bonchev–Trinajstić information content (AvgIpc) is 2.75. The molecule has 0 aliphatic heterocycles. The van der Waals surface area contributed by atoms with Gasteiger partial charge in [0.25, 0.3) is 0 Å². The molecule has 0 radical (unpaired) electrons. The summed E-state index contributed by atoms with van der Waals surface area (Å²) in [5, 5.41) is 3.25. The van der Waals surface area contributed by atoms with E-state index in [1.807, 2.05) is 0 Å². The molecule has 0 aromatic heterocycles. The number of hydrogen-bond donors (Lipinski definition) is 0. The molecule has 5 atom stereocenters. The van der Waals surface area contributed by atoms with Crippen molar-refractivity contribution in [2.75, 3.05) is 0 Å². The first-order chi connectivity index (χ1) is 5.90. The third-order valence-corrected chi connectivity index (χ3v) is 4.11. The molecule has 2 fully saturated rings.